The first-order valence-electron chi connectivity index (χ1n) is 5.63. The maximum absolute atomic E-state index is 5.98. The Kier molecular flexibility index (Phi) is 2.70. The van der Waals surface area contributed by atoms with E-state index in [1.54, 1.807) is 0 Å². The van der Waals surface area contributed by atoms with Gasteiger partial charge in [-0.05, 0) is 26.0 Å². The lowest BCUT2D eigenvalue weighted by molar-refractivity contribution is 0.137. The molecule has 0 atom stereocenters. The molecule has 0 saturated carbocycles. The predicted octanol–water partition coefficient (Wildman–Crippen LogP) is 2.51. The summed E-state index contributed by atoms with van der Waals surface area (Å²) in [5.74, 6) is 1.10. The first kappa shape index (κ1) is 10.5. The van der Waals surface area contributed by atoms with Gasteiger partial charge in [-0.1, -0.05) is 25.1 Å². The van der Waals surface area contributed by atoms with E-state index in [2.05, 4.69) is 44.3 Å². The molecule has 1 aromatic carbocycles. The third-order valence-electron chi connectivity index (χ3n) is 2.74. The van der Waals surface area contributed by atoms with Gasteiger partial charge in [0.15, 0.2) is 0 Å². The third-order valence-corrected chi connectivity index (χ3v) is 2.74. The van der Waals surface area contributed by atoms with Crippen LogP contribution in [-0.2, 0) is 13.0 Å². The van der Waals surface area contributed by atoms with Gasteiger partial charge >= 0.3 is 0 Å². The van der Waals surface area contributed by atoms with E-state index >= 15 is 0 Å². The highest BCUT2D eigenvalue weighted by Gasteiger charge is 2.31. The number of ether oxygens (including phenoxy) is 1. The summed E-state index contributed by atoms with van der Waals surface area (Å²) in [6, 6.07) is 6.43. The van der Waals surface area contributed by atoms with Crippen LogP contribution in [0, 0.1) is 0 Å². The van der Waals surface area contributed by atoms with E-state index in [0.717, 1.165) is 25.3 Å². The Balaban J connectivity index is 2.25. The fourth-order valence-electron chi connectivity index (χ4n) is 2.08. The van der Waals surface area contributed by atoms with Crippen molar-refractivity contribution in [2.45, 2.75) is 39.3 Å². The number of hydrogen-bond acceptors (Lipinski definition) is 2. The molecule has 0 saturated heterocycles. The van der Waals surface area contributed by atoms with Crippen molar-refractivity contribution < 1.29 is 4.74 Å². The summed E-state index contributed by atoms with van der Waals surface area (Å²) in [7, 11) is 0. The molecule has 2 rings (SSSR count). The Morgan fingerprint density at radius 3 is 2.93 bits per heavy atom. The van der Waals surface area contributed by atoms with Crippen LogP contribution in [0.2, 0.25) is 0 Å². The zero-order valence-electron chi connectivity index (χ0n) is 9.76. The Bertz CT molecular complexity index is 358. The summed E-state index contributed by atoms with van der Waals surface area (Å²) in [6.45, 7) is 8.30. The van der Waals surface area contributed by atoms with Gasteiger partial charge in [0.2, 0.25) is 0 Å². The molecule has 1 aliphatic rings. The molecule has 0 fully saturated rings. The van der Waals surface area contributed by atoms with Crippen LogP contribution in [-0.4, -0.2) is 12.1 Å². The average Bonchev–Trinajstić information content (AvgIpc) is 2.49. The number of nitrogens with one attached hydrogen (secondary N) is 1. The van der Waals surface area contributed by atoms with Gasteiger partial charge in [-0.25, -0.2) is 0 Å². The molecule has 0 amide bonds. The van der Waals surface area contributed by atoms with Gasteiger partial charge in [0.1, 0.15) is 11.4 Å². The average molecular weight is 205 g/mol. The van der Waals surface area contributed by atoms with Crippen LogP contribution in [0.3, 0.4) is 0 Å². The number of rotatable bonds is 3. The molecule has 1 heterocycles. The fourth-order valence-corrected chi connectivity index (χ4v) is 2.08. The SMILES string of the molecule is CCNCc1cccc2c1OC(C)(C)C2. The van der Waals surface area contributed by atoms with E-state index in [1.807, 2.05) is 0 Å². The van der Waals surface area contributed by atoms with E-state index in [9.17, 15) is 0 Å². The maximum Gasteiger partial charge on any atom is 0.127 e. The van der Waals surface area contributed by atoms with Gasteiger partial charge in [0, 0.05) is 18.5 Å². The van der Waals surface area contributed by atoms with Crippen LogP contribution in [0.15, 0.2) is 18.2 Å². The van der Waals surface area contributed by atoms with E-state index in [0.29, 0.717) is 0 Å². The summed E-state index contributed by atoms with van der Waals surface area (Å²) in [5, 5.41) is 3.34. The van der Waals surface area contributed by atoms with Crippen molar-refractivity contribution in [3.8, 4) is 5.75 Å². The van der Waals surface area contributed by atoms with Gasteiger partial charge in [0.25, 0.3) is 0 Å². The van der Waals surface area contributed by atoms with Crippen LogP contribution in [0.5, 0.6) is 5.75 Å². The molecule has 0 unspecified atom stereocenters. The smallest absolute Gasteiger partial charge is 0.127 e. The summed E-state index contributed by atoms with van der Waals surface area (Å²) in [4.78, 5) is 0. The molecule has 0 spiro atoms. The number of hydrogen-bond donors (Lipinski definition) is 1. The van der Waals surface area contributed by atoms with Crippen molar-refractivity contribution in [1.29, 1.82) is 0 Å². The summed E-state index contributed by atoms with van der Waals surface area (Å²) in [5.41, 5.74) is 2.58. The third kappa shape index (κ3) is 2.15. The molecule has 1 N–H and O–H groups in total. The standard InChI is InChI=1S/C13H19NO/c1-4-14-9-11-7-5-6-10-8-13(2,3)15-12(10)11/h5-7,14H,4,8-9H2,1-3H3. The van der Waals surface area contributed by atoms with Crippen LogP contribution < -0.4 is 10.1 Å². The van der Waals surface area contributed by atoms with Crippen molar-refractivity contribution in [2.24, 2.45) is 0 Å². The van der Waals surface area contributed by atoms with Crippen LogP contribution in [0.25, 0.3) is 0 Å². The van der Waals surface area contributed by atoms with Gasteiger partial charge < -0.3 is 10.1 Å². The Morgan fingerprint density at radius 2 is 2.20 bits per heavy atom. The molecule has 0 aromatic heterocycles. The molecule has 82 valence electrons. The molecule has 0 aliphatic carbocycles. The largest absolute Gasteiger partial charge is 0.487 e. The number of para-hydroxylation sites is 1. The first-order valence-corrected chi connectivity index (χ1v) is 5.63. The lowest BCUT2D eigenvalue weighted by Gasteiger charge is -2.18. The highest BCUT2D eigenvalue weighted by atomic mass is 16.5. The minimum Gasteiger partial charge on any atom is -0.487 e. The summed E-state index contributed by atoms with van der Waals surface area (Å²) in [6.07, 6.45) is 1.02. The van der Waals surface area contributed by atoms with E-state index in [-0.39, 0.29) is 5.60 Å². The van der Waals surface area contributed by atoms with Crippen molar-refractivity contribution >= 4 is 0 Å². The summed E-state index contributed by atoms with van der Waals surface area (Å²) >= 11 is 0. The topological polar surface area (TPSA) is 21.3 Å². The lowest BCUT2D eigenvalue weighted by atomic mass is 10.0. The van der Waals surface area contributed by atoms with Gasteiger partial charge in [-0.2, -0.15) is 0 Å². The number of fused-ring (bicyclic) bond motifs is 1. The van der Waals surface area contributed by atoms with Crippen molar-refractivity contribution in [2.75, 3.05) is 6.54 Å². The molecule has 1 aliphatic heterocycles. The Morgan fingerprint density at radius 1 is 1.40 bits per heavy atom. The molecule has 0 radical (unpaired) electrons. The zero-order valence-corrected chi connectivity index (χ0v) is 9.76. The fraction of sp³-hybridized carbons (Fsp3) is 0.538. The summed E-state index contributed by atoms with van der Waals surface area (Å²) < 4.78 is 5.98. The molecular formula is C13H19NO. The van der Waals surface area contributed by atoms with Crippen molar-refractivity contribution in [1.82, 2.24) is 5.32 Å². The normalized spacial score (nSPS) is 17.3. The van der Waals surface area contributed by atoms with Crippen LogP contribution >= 0.6 is 0 Å². The monoisotopic (exact) mass is 205 g/mol. The van der Waals surface area contributed by atoms with Crippen molar-refractivity contribution in [3.63, 3.8) is 0 Å². The highest BCUT2D eigenvalue weighted by Crippen LogP contribution is 2.37. The van der Waals surface area contributed by atoms with E-state index < -0.39 is 0 Å². The molecule has 2 heteroatoms. The van der Waals surface area contributed by atoms with Gasteiger partial charge in [-0.3, -0.25) is 0 Å². The molecule has 0 bridgehead atoms. The van der Waals surface area contributed by atoms with E-state index in [4.69, 9.17) is 4.74 Å². The second-order valence-electron chi connectivity index (χ2n) is 4.72. The second-order valence-corrected chi connectivity index (χ2v) is 4.72. The maximum atomic E-state index is 5.98. The van der Waals surface area contributed by atoms with Crippen LogP contribution in [0.4, 0.5) is 0 Å². The van der Waals surface area contributed by atoms with Crippen LogP contribution in [0.1, 0.15) is 31.9 Å². The second kappa shape index (κ2) is 3.86. The highest BCUT2D eigenvalue weighted by molar-refractivity contribution is 5.45. The Hall–Kier alpha value is -1.02. The molecule has 1 aromatic rings. The minimum absolute atomic E-state index is 0.0371. The van der Waals surface area contributed by atoms with Crippen molar-refractivity contribution in [3.05, 3.63) is 29.3 Å². The quantitative estimate of drug-likeness (QED) is 0.818. The molecule has 15 heavy (non-hydrogen) atoms. The molecular weight excluding hydrogens is 186 g/mol. The number of benzene rings is 1. The molecule has 2 nitrogen and oxygen atoms in total. The lowest BCUT2D eigenvalue weighted by Crippen LogP contribution is -2.25. The zero-order chi connectivity index (χ0) is 10.9. The van der Waals surface area contributed by atoms with Gasteiger partial charge in [0.05, 0.1) is 0 Å². The van der Waals surface area contributed by atoms with Gasteiger partial charge in [-0.15, -0.1) is 0 Å². The Labute approximate surface area is 91.6 Å². The minimum atomic E-state index is -0.0371. The van der Waals surface area contributed by atoms with E-state index in [1.165, 1.54) is 11.1 Å². The first-order chi connectivity index (χ1) is 7.12. The predicted molar refractivity (Wildman–Crippen MR) is 62.2 cm³/mol.